The Kier molecular flexibility index (Phi) is 9.08. The van der Waals surface area contributed by atoms with E-state index in [9.17, 15) is 0 Å². The van der Waals surface area contributed by atoms with Crippen molar-refractivity contribution in [2.24, 2.45) is 10.7 Å². The van der Waals surface area contributed by atoms with Crippen LogP contribution in [-0.2, 0) is 0 Å². The van der Waals surface area contributed by atoms with Crippen LogP contribution in [0.4, 0.5) is 0 Å². The lowest BCUT2D eigenvalue weighted by atomic mass is 10.1. The van der Waals surface area contributed by atoms with Gasteiger partial charge in [-0.05, 0) is 33.5 Å². The van der Waals surface area contributed by atoms with Gasteiger partial charge in [-0.3, -0.25) is 4.99 Å². The van der Waals surface area contributed by atoms with E-state index in [1.54, 1.807) is 0 Å². The second kappa shape index (κ2) is 10.4. The number of hydrogen-bond donors (Lipinski definition) is 1. The van der Waals surface area contributed by atoms with Crippen molar-refractivity contribution in [2.75, 3.05) is 51.8 Å². The molecular formula is C14H30N4S. The fraction of sp³-hybridized carbons (Fsp3) is 0.929. The minimum absolute atomic E-state index is 0.757. The summed E-state index contributed by atoms with van der Waals surface area (Å²) in [5.74, 6) is 3.12. The summed E-state index contributed by atoms with van der Waals surface area (Å²) in [6, 6.07) is 0. The van der Waals surface area contributed by atoms with Crippen molar-refractivity contribution < 1.29 is 0 Å². The third-order valence-electron chi connectivity index (χ3n) is 3.37. The maximum absolute atomic E-state index is 6.01. The predicted molar refractivity (Wildman–Crippen MR) is 87.0 cm³/mol. The van der Waals surface area contributed by atoms with Crippen LogP contribution in [0.5, 0.6) is 0 Å². The highest BCUT2D eigenvalue weighted by Crippen LogP contribution is 2.09. The lowest BCUT2D eigenvalue weighted by Gasteiger charge is -2.27. The molecule has 0 amide bonds. The Labute approximate surface area is 122 Å². The van der Waals surface area contributed by atoms with Crippen molar-refractivity contribution >= 4 is 17.7 Å². The normalized spacial score (nSPS) is 17.2. The summed E-state index contributed by atoms with van der Waals surface area (Å²) in [7, 11) is 4.27. The van der Waals surface area contributed by atoms with E-state index in [4.69, 9.17) is 5.73 Å². The summed E-state index contributed by atoms with van der Waals surface area (Å²) in [4.78, 5) is 8.96. The van der Waals surface area contributed by atoms with Crippen LogP contribution in [0.25, 0.3) is 0 Å². The fourth-order valence-electron chi connectivity index (χ4n) is 2.16. The first kappa shape index (κ1) is 16.6. The van der Waals surface area contributed by atoms with Crippen molar-refractivity contribution in [3.8, 4) is 0 Å². The Morgan fingerprint density at radius 1 is 1.11 bits per heavy atom. The zero-order valence-corrected chi connectivity index (χ0v) is 13.4. The van der Waals surface area contributed by atoms with E-state index in [-0.39, 0.29) is 0 Å². The number of aliphatic imine (C=N–C) groups is 1. The first-order chi connectivity index (χ1) is 9.20. The molecule has 0 atom stereocenters. The van der Waals surface area contributed by atoms with Gasteiger partial charge in [0.05, 0.1) is 0 Å². The summed E-state index contributed by atoms with van der Waals surface area (Å²) in [6.45, 7) is 4.22. The average Bonchev–Trinajstić information content (AvgIpc) is 2.42. The van der Waals surface area contributed by atoms with Crippen molar-refractivity contribution in [2.45, 2.75) is 32.1 Å². The fourth-order valence-corrected chi connectivity index (χ4v) is 3.06. The lowest BCUT2D eigenvalue weighted by molar-refractivity contribution is 0.390. The molecule has 1 rings (SSSR count). The van der Waals surface area contributed by atoms with E-state index in [0.29, 0.717) is 0 Å². The second-order valence-corrected chi connectivity index (χ2v) is 6.64. The number of thioether (sulfide) groups is 1. The molecule has 5 heteroatoms. The van der Waals surface area contributed by atoms with Crippen molar-refractivity contribution in [3.63, 3.8) is 0 Å². The number of nitrogens with zero attached hydrogens (tertiary/aromatic N) is 3. The van der Waals surface area contributed by atoms with E-state index in [2.05, 4.69) is 28.9 Å². The Hall–Kier alpha value is -0.420. The van der Waals surface area contributed by atoms with Crippen molar-refractivity contribution in [3.05, 3.63) is 0 Å². The molecule has 1 heterocycles. The Morgan fingerprint density at radius 2 is 1.74 bits per heavy atom. The highest BCUT2D eigenvalue weighted by atomic mass is 32.2. The SMILES string of the molecule is CN(C)CCCCCCCN=C(N)N1CCSCC1. The molecular weight excluding hydrogens is 256 g/mol. The first-order valence-electron chi connectivity index (χ1n) is 7.47. The van der Waals surface area contributed by atoms with Gasteiger partial charge < -0.3 is 15.5 Å². The van der Waals surface area contributed by atoms with Gasteiger partial charge >= 0.3 is 0 Å². The third kappa shape index (κ3) is 8.37. The highest BCUT2D eigenvalue weighted by molar-refractivity contribution is 7.99. The molecule has 4 nitrogen and oxygen atoms in total. The van der Waals surface area contributed by atoms with Gasteiger partial charge in [0.15, 0.2) is 5.96 Å². The van der Waals surface area contributed by atoms with Crippen LogP contribution >= 0.6 is 11.8 Å². The summed E-state index contributed by atoms with van der Waals surface area (Å²) in [6.07, 6.45) is 6.42. The van der Waals surface area contributed by atoms with Crippen LogP contribution in [0.1, 0.15) is 32.1 Å². The molecule has 0 aromatic carbocycles. The quantitative estimate of drug-likeness (QED) is 0.420. The Bertz CT molecular complexity index is 250. The van der Waals surface area contributed by atoms with Gasteiger partial charge in [0, 0.05) is 31.1 Å². The summed E-state index contributed by atoms with van der Waals surface area (Å²) < 4.78 is 0. The molecule has 0 aromatic heterocycles. The van der Waals surface area contributed by atoms with E-state index in [0.717, 1.165) is 25.6 Å². The van der Waals surface area contributed by atoms with Crippen LogP contribution < -0.4 is 5.73 Å². The molecule has 0 aliphatic carbocycles. The Balaban J connectivity index is 1.96. The largest absolute Gasteiger partial charge is 0.370 e. The molecule has 0 radical (unpaired) electrons. The minimum Gasteiger partial charge on any atom is -0.370 e. The third-order valence-corrected chi connectivity index (χ3v) is 4.31. The van der Waals surface area contributed by atoms with E-state index < -0.39 is 0 Å². The molecule has 1 aliphatic rings. The van der Waals surface area contributed by atoms with Gasteiger partial charge in [-0.1, -0.05) is 19.3 Å². The molecule has 1 fully saturated rings. The molecule has 0 aromatic rings. The molecule has 19 heavy (non-hydrogen) atoms. The molecule has 0 bridgehead atoms. The molecule has 2 N–H and O–H groups in total. The van der Waals surface area contributed by atoms with E-state index in [1.165, 1.54) is 50.2 Å². The number of guanidine groups is 1. The highest BCUT2D eigenvalue weighted by Gasteiger charge is 2.11. The second-order valence-electron chi connectivity index (χ2n) is 5.41. The topological polar surface area (TPSA) is 44.9 Å². The zero-order valence-electron chi connectivity index (χ0n) is 12.6. The smallest absolute Gasteiger partial charge is 0.191 e. The maximum Gasteiger partial charge on any atom is 0.191 e. The van der Waals surface area contributed by atoms with Gasteiger partial charge in [0.1, 0.15) is 0 Å². The molecule has 0 unspecified atom stereocenters. The van der Waals surface area contributed by atoms with E-state index >= 15 is 0 Å². The monoisotopic (exact) mass is 286 g/mol. The molecule has 1 aliphatic heterocycles. The summed E-state index contributed by atoms with van der Waals surface area (Å²) in [5.41, 5.74) is 6.01. The molecule has 0 saturated carbocycles. The maximum atomic E-state index is 6.01. The summed E-state index contributed by atoms with van der Waals surface area (Å²) >= 11 is 2.00. The van der Waals surface area contributed by atoms with Crippen LogP contribution in [0.2, 0.25) is 0 Å². The van der Waals surface area contributed by atoms with Gasteiger partial charge in [0.25, 0.3) is 0 Å². The Morgan fingerprint density at radius 3 is 2.42 bits per heavy atom. The zero-order chi connectivity index (χ0) is 13.9. The van der Waals surface area contributed by atoms with Crippen LogP contribution in [0, 0.1) is 0 Å². The van der Waals surface area contributed by atoms with Crippen molar-refractivity contribution in [1.29, 1.82) is 0 Å². The van der Waals surface area contributed by atoms with Gasteiger partial charge in [-0.2, -0.15) is 11.8 Å². The van der Waals surface area contributed by atoms with Gasteiger partial charge in [-0.15, -0.1) is 0 Å². The molecule has 1 saturated heterocycles. The molecule has 112 valence electrons. The van der Waals surface area contributed by atoms with Crippen LogP contribution in [0.3, 0.4) is 0 Å². The number of unbranched alkanes of at least 4 members (excludes halogenated alkanes) is 4. The number of hydrogen-bond acceptors (Lipinski definition) is 3. The average molecular weight is 286 g/mol. The first-order valence-corrected chi connectivity index (χ1v) is 8.63. The number of rotatable bonds is 8. The van der Waals surface area contributed by atoms with Gasteiger partial charge in [0.2, 0.25) is 0 Å². The molecule has 0 spiro atoms. The number of nitrogens with two attached hydrogens (primary N) is 1. The van der Waals surface area contributed by atoms with E-state index in [1.807, 2.05) is 11.8 Å². The predicted octanol–water partition coefficient (Wildman–Crippen LogP) is 1.86. The minimum atomic E-state index is 0.757. The standard InChI is InChI=1S/C14H30N4S/c1-17(2)9-7-5-3-4-6-8-16-14(15)18-10-12-19-13-11-18/h3-13H2,1-2H3,(H2,15,16). The van der Waals surface area contributed by atoms with Gasteiger partial charge in [-0.25, -0.2) is 0 Å². The summed E-state index contributed by atoms with van der Waals surface area (Å²) in [5, 5.41) is 0. The van der Waals surface area contributed by atoms with Crippen LogP contribution in [0.15, 0.2) is 4.99 Å². The lowest BCUT2D eigenvalue weighted by Crippen LogP contribution is -2.42. The van der Waals surface area contributed by atoms with Crippen molar-refractivity contribution in [1.82, 2.24) is 9.80 Å². The van der Waals surface area contributed by atoms with Crippen LogP contribution in [-0.4, -0.2) is 67.5 Å².